The maximum absolute atomic E-state index is 12.9. The number of anilines is 3. The van der Waals surface area contributed by atoms with Gasteiger partial charge in [0, 0.05) is 29.4 Å². The average molecular weight is 524 g/mol. The minimum absolute atomic E-state index is 0.0181. The average Bonchev–Trinajstić information content (AvgIpc) is 3.66. The Balaban J connectivity index is 1.38. The largest absolute Gasteiger partial charge is 0.416 e. The predicted octanol–water partition coefficient (Wildman–Crippen LogP) is 5.10. The highest BCUT2D eigenvalue weighted by atomic mass is 19.4. The number of nitrogens with one attached hydrogen (secondary N) is 2. The van der Waals surface area contributed by atoms with Gasteiger partial charge in [-0.05, 0) is 60.4 Å². The van der Waals surface area contributed by atoms with E-state index >= 15 is 0 Å². The lowest BCUT2D eigenvalue weighted by atomic mass is 10.0. The summed E-state index contributed by atoms with van der Waals surface area (Å²) in [6.45, 7) is 0.257. The van der Waals surface area contributed by atoms with Crippen LogP contribution in [0.2, 0.25) is 0 Å². The Labute approximate surface area is 215 Å². The van der Waals surface area contributed by atoms with E-state index in [4.69, 9.17) is 16.5 Å². The molecule has 1 aliphatic rings. The Morgan fingerprint density at radius 3 is 2.39 bits per heavy atom. The monoisotopic (exact) mass is 523 g/mol. The van der Waals surface area contributed by atoms with E-state index in [1.54, 1.807) is 28.9 Å². The number of nitrogens with two attached hydrogens (primary N) is 2. The van der Waals surface area contributed by atoms with Crippen LogP contribution >= 0.6 is 0 Å². The number of hydrogen-bond donors (Lipinski definition) is 4. The summed E-state index contributed by atoms with van der Waals surface area (Å²) in [7, 11) is 0. The van der Waals surface area contributed by atoms with Crippen LogP contribution in [0.3, 0.4) is 0 Å². The van der Waals surface area contributed by atoms with Crippen molar-refractivity contribution >= 4 is 40.2 Å². The van der Waals surface area contributed by atoms with Crippen molar-refractivity contribution < 1.29 is 22.8 Å². The van der Waals surface area contributed by atoms with Gasteiger partial charge in [0.1, 0.15) is 0 Å². The van der Waals surface area contributed by atoms with Crippen molar-refractivity contribution in [2.75, 3.05) is 16.4 Å². The van der Waals surface area contributed by atoms with Crippen LogP contribution in [0.25, 0.3) is 22.2 Å². The van der Waals surface area contributed by atoms with Gasteiger partial charge in [-0.3, -0.25) is 4.79 Å². The molecule has 1 aliphatic carbocycles. The third-order valence-corrected chi connectivity index (χ3v) is 6.22. The molecule has 2 heterocycles. The lowest BCUT2D eigenvalue weighted by Gasteiger charge is -2.12. The molecule has 0 saturated heterocycles. The van der Waals surface area contributed by atoms with E-state index in [1.165, 1.54) is 12.1 Å². The van der Waals surface area contributed by atoms with Crippen LogP contribution < -0.4 is 22.1 Å². The van der Waals surface area contributed by atoms with Gasteiger partial charge in [-0.25, -0.2) is 14.5 Å². The minimum atomic E-state index is -4.51. The number of urea groups is 1. The first kappa shape index (κ1) is 25.1. The minimum Gasteiger partial charge on any atom is -0.382 e. The first-order chi connectivity index (χ1) is 18.1. The van der Waals surface area contributed by atoms with Gasteiger partial charge in [-0.2, -0.15) is 18.3 Å². The van der Waals surface area contributed by atoms with E-state index in [-0.39, 0.29) is 24.5 Å². The number of halogens is 3. The normalized spacial score (nSPS) is 13.4. The molecule has 6 N–H and O–H groups in total. The zero-order valence-electron chi connectivity index (χ0n) is 20.0. The fourth-order valence-electron chi connectivity index (χ4n) is 4.21. The molecule has 3 amide bonds. The Bertz CT molecular complexity index is 1530. The summed E-state index contributed by atoms with van der Waals surface area (Å²) in [6, 6.07) is 12.6. The molecule has 0 atom stereocenters. The second kappa shape index (κ2) is 9.69. The Hall–Kier alpha value is -4.61. The lowest BCUT2D eigenvalue weighted by molar-refractivity contribution is -0.137. The number of nitrogens with zero attached hydrogens (tertiary/aromatic N) is 3. The van der Waals surface area contributed by atoms with E-state index in [9.17, 15) is 22.8 Å². The molecule has 0 radical (unpaired) electrons. The molecule has 9 nitrogen and oxygen atoms in total. The Morgan fingerprint density at radius 2 is 1.74 bits per heavy atom. The summed E-state index contributed by atoms with van der Waals surface area (Å²) in [5, 5.41) is 10.1. The zero-order chi connectivity index (χ0) is 27.0. The molecular formula is C26H24F3N7O2. The summed E-state index contributed by atoms with van der Waals surface area (Å²) >= 11 is 0. The number of pyridine rings is 1. The van der Waals surface area contributed by atoms with E-state index in [0.717, 1.165) is 41.8 Å². The zero-order valence-corrected chi connectivity index (χ0v) is 20.0. The smallest absolute Gasteiger partial charge is 0.382 e. The molecule has 0 spiro atoms. The highest BCUT2D eigenvalue weighted by molar-refractivity contribution is 6.02. The van der Waals surface area contributed by atoms with Crippen molar-refractivity contribution in [1.29, 1.82) is 0 Å². The summed E-state index contributed by atoms with van der Waals surface area (Å²) < 4.78 is 40.4. The second-order valence-electron chi connectivity index (χ2n) is 9.13. The van der Waals surface area contributed by atoms with Crippen molar-refractivity contribution in [3.63, 3.8) is 0 Å². The molecule has 1 saturated carbocycles. The fourth-order valence-corrected chi connectivity index (χ4v) is 4.21. The molecule has 12 heteroatoms. The summed E-state index contributed by atoms with van der Waals surface area (Å²) in [5.41, 5.74) is 14.3. The van der Waals surface area contributed by atoms with Crippen molar-refractivity contribution in [3.05, 3.63) is 65.9 Å². The third-order valence-electron chi connectivity index (χ3n) is 6.22. The number of benzene rings is 2. The number of amides is 3. The van der Waals surface area contributed by atoms with Crippen molar-refractivity contribution in [3.8, 4) is 11.1 Å². The number of aromatic nitrogens is 3. The number of rotatable bonds is 7. The van der Waals surface area contributed by atoms with Crippen LogP contribution in [-0.2, 0) is 17.5 Å². The highest BCUT2D eigenvalue weighted by Gasteiger charge is 2.30. The maximum atomic E-state index is 12.9. The number of carbonyl (C=O) groups excluding carboxylic acids is 2. The van der Waals surface area contributed by atoms with Crippen molar-refractivity contribution in [2.45, 2.75) is 37.9 Å². The molecular weight excluding hydrogens is 499 g/mol. The van der Waals surface area contributed by atoms with Crippen molar-refractivity contribution in [2.24, 2.45) is 5.73 Å². The standard InChI is InChI=1S/C26H24F3N7O2/c27-26(28,29)16-2-1-3-18(12-16)33-25(38)32-17-8-6-14(7-9-17)19-13-20(15-4-5-15)34-24-22(19)23(31)35-36(24)11-10-21(30)37/h1-3,6-9,12-13,15H,4-5,10-11H2,(H2,30,37)(H2,31,35)(H2,32,33,38). The van der Waals surface area contributed by atoms with Crippen LogP contribution in [0.5, 0.6) is 0 Å². The number of nitrogen functional groups attached to an aromatic ring is 1. The van der Waals surface area contributed by atoms with Gasteiger partial charge >= 0.3 is 12.2 Å². The molecule has 0 bridgehead atoms. The van der Waals surface area contributed by atoms with Crippen LogP contribution in [-0.4, -0.2) is 26.7 Å². The van der Waals surface area contributed by atoms with E-state index in [0.29, 0.717) is 22.6 Å². The molecule has 5 rings (SSSR count). The number of aryl methyl sites for hydroxylation is 1. The SMILES string of the molecule is NC(=O)CCn1nc(N)c2c(-c3ccc(NC(=O)Nc4cccc(C(F)(F)F)c4)cc3)cc(C3CC3)nc21. The van der Waals surface area contributed by atoms with E-state index in [2.05, 4.69) is 15.7 Å². The first-order valence-corrected chi connectivity index (χ1v) is 11.9. The van der Waals surface area contributed by atoms with Gasteiger partial charge in [0.05, 0.1) is 17.5 Å². The molecule has 1 fully saturated rings. The Morgan fingerprint density at radius 1 is 1.03 bits per heavy atom. The molecule has 4 aromatic rings. The van der Waals surface area contributed by atoms with Gasteiger partial charge in [0.15, 0.2) is 11.5 Å². The van der Waals surface area contributed by atoms with Crippen LogP contribution in [0.4, 0.5) is 35.2 Å². The molecule has 0 aliphatic heterocycles. The summed E-state index contributed by atoms with van der Waals surface area (Å²) in [5.74, 6) is 0.169. The Kier molecular flexibility index (Phi) is 6.39. The highest BCUT2D eigenvalue weighted by Crippen LogP contribution is 2.43. The summed E-state index contributed by atoms with van der Waals surface area (Å²) in [4.78, 5) is 28.5. The van der Waals surface area contributed by atoms with Crippen LogP contribution in [0, 0.1) is 0 Å². The van der Waals surface area contributed by atoms with Crippen LogP contribution in [0.1, 0.15) is 36.4 Å². The quantitative estimate of drug-likeness (QED) is 0.267. The topological polar surface area (TPSA) is 141 Å². The first-order valence-electron chi connectivity index (χ1n) is 11.9. The molecule has 38 heavy (non-hydrogen) atoms. The van der Waals surface area contributed by atoms with Gasteiger partial charge in [-0.15, -0.1) is 0 Å². The number of carbonyl (C=O) groups is 2. The molecule has 196 valence electrons. The van der Waals surface area contributed by atoms with Gasteiger partial charge in [-0.1, -0.05) is 18.2 Å². The van der Waals surface area contributed by atoms with Gasteiger partial charge in [0.2, 0.25) is 5.91 Å². The number of alkyl halides is 3. The number of primary amides is 1. The lowest BCUT2D eigenvalue weighted by Crippen LogP contribution is -2.19. The van der Waals surface area contributed by atoms with Gasteiger partial charge < -0.3 is 22.1 Å². The van der Waals surface area contributed by atoms with Crippen molar-refractivity contribution in [1.82, 2.24) is 14.8 Å². The molecule has 0 unspecified atom stereocenters. The molecule has 2 aromatic carbocycles. The number of fused-ring (bicyclic) bond motifs is 1. The molecule has 2 aromatic heterocycles. The maximum Gasteiger partial charge on any atom is 0.416 e. The fraction of sp³-hybridized carbons (Fsp3) is 0.231. The predicted molar refractivity (Wildman–Crippen MR) is 137 cm³/mol. The van der Waals surface area contributed by atoms with Crippen LogP contribution in [0.15, 0.2) is 54.6 Å². The second-order valence-corrected chi connectivity index (χ2v) is 9.13. The number of hydrogen-bond acceptors (Lipinski definition) is 5. The van der Waals surface area contributed by atoms with E-state index in [1.807, 2.05) is 6.07 Å². The van der Waals surface area contributed by atoms with E-state index < -0.39 is 23.7 Å². The third kappa shape index (κ3) is 5.38. The summed E-state index contributed by atoms with van der Waals surface area (Å²) in [6.07, 6.45) is -2.34. The van der Waals surface area contributed by atoms with Gasteiger partial charge in [0.25, 0.3) is 0 Å².